The van der Waals surface area contributed by atoms with Crippen molar-refractivity contribution < 1.29 is 14.3 Å². The van der Waals surface area contributed by atoms with E-state index in [4.69, 9.17) is 15.2 Å². The second kappa shape index (κ2) is 6.73. The smallest absolute Gasteiger partial charge is 0.248 e. The Morgan fingerprint density at radius 1 is 1.09 bits per heavy atom. The van der Waals surface area contributed by atoms with E-state index in [1.165, 1.54) is 5.56 Å². The van der Waals surface area contributed by atoms with Gasteiger partial charge in [0.1, 0.15) is 18.1 Å². The van der Waals surface area contributed by atoms with Gasteiger partial charge in [-0.2, -0.15) is 0 Å². The van der Waals surface area contributed by atoms with Gasteiger partial charge < -0.3 is 15.2 Å². The molecule has 2 rings (SSSR count). The molecule has 2 aromatic carbocycles. The Balaban J connectivity index is 2.14. The number of benzene rings is 2. The van der Waals surface area contributed by atoms with Gasteiger partial charge in [0.2, 0.25) is 5.91 Å². The van der Waals surface area contributed by atoms with Crippen LogP contribution in [-0.4, -0.2) is 13.0 Å². The van der Waals surface area contributed by atoms with Gasteiger partial charge >= 0.3 is 0 Å². The number of methoxy groups -OCH3 is 1. The zero-order valence-corrected chi connectivity index (χ0v) is 14.1. The molecular formula is C19H23NO3. The maximum Gasteiger partial charge on any atom is 0.248 e. The Labute approximate surface area is 137 Å². The molecule has 122 valence electrons. The van der Waals surface area contributed by atoms with Crippen LogP contribution < -0.4 is 15.2 Å². The normalized spacial score (nSPS) is 11.1. The van der Waals surface area contributed by atoms with Crippen LogP contribution in [-0.2, 0) is 12.0 Å². The molecule has 0 bridgehead atoms. The van der Waals surface area contributed by atoms with Crippen molar-refractivity contribution in [3.63, 3.8) is 0 Å². The van der Waals surface area contributed by atoms with Gasteiger partial charge in [-0.05, 0) is 41.3 Å². The van der Waals surface area contributed by atoms with E-state index < -0.39 is 5.91 Å². The summed E-state index contributed by atoms with van der Waals surface area (Å²) in [5.74, 6) is 0.967. The van der Waals surface area contributed by atoms with Crippen LogP contribution in [0.2, 0.25) is 0 Å². The summed E-state index contributed by atoms with van der Waals surface area (Å²) in [6.45, 7) is 6.81. The third-order valence-corrected chi connectivity index (χ3v) is 3.68. The Hall–Kier alpha value is -2.49. The summed E-state index contributed by atoms with van der Waals surface area (Å²) in [6.07, 6.45) is 0. The molecule has 23 heavy (non-hydrogen) atoms. The first-order valence-corrected chi connectivity index (χ1v) is 7.51. The van der Waals surface area contributed by atoms with E-state index in [9.17, 15) is 4.79 Å². The molecule has 0 radical (unpaired) electrons. The molecule has 1 amide bonds. The van der Waals surface area contributed by atoms with Gasteiger partial charge in [-0.25, -0.2) is 0 Å². The quantitative estimate of drug-likeness (QED) is 0.916. The van der Waals surface area contributed by atoms with Crippen LogP contribution >= 0.6 is 0 Å². The average molecular weight is 313 g/mol. The fourth-order valence-electron chi connectivity index (χ4n) is 2.26. The van der Waals surface area contributed by atoms with E-state index >= 15 is 0 Å². The molecule has 0 aliphatic heterocycles. The van der Waals surface area contributed by atoms with Crippen molar-refractivity contribution in [3.05, 3.63) is 59.2 Å². The highest BCUT2D eigenvalue weighted by Crippen LogP contribution is 2.26. The van der Waals surface area contributed by atoms with Crippen molar-refractivity contribution in [3.8, 4) is 11.5 Å². The van der Waals surface area contributed by atoms with E-state index in [1.807, 2.05) is 12.1 Å². The van der Waals surface area contributed by atoms with Gasteiger partial charge in [-0.1, -0.05) is 32.9 Å². The lowest BCUT2D eigenvalue weighted by Gasteiger charge is -2.19. The second-order valence-corrected chi connectivity index (χ2v) is 6.45. The van der Waals surface area contributed by atoms with E-state index in [0.717, 1.165) is 11.3 Å². The highest BCUT2D eigenvalue weighted by atomic mass is 16.5. The number of ether oxygens (including phenoxy) is 2. The van der Waals surface area contributed by atoms with E-state index in [0.29, 0.717) is 17.9 Å². The molecular weight excluding hydrogens is 290 g/mol. The van der Waals surface area contributed by atoms with Crippen LogP contribution in [0.4, 0.5) is 0 Å². The van der Waals surface area contributed by atoms with Crippen LogP contribution in [0.15, 0.2) is 42.5 Å². The van der Waals surface area contributed by atoms with E-state index in [1.54, 1.807) is 25.3 Å². The van der Waals surface area contributed by atoms with Crippen molar-refractivity contribution in [2.45, 2.75) is 32.8 Å². The molecule has 0 aliphatic rings. The topological polar surface area (TPSA) is 61.5 Å². The third-order valence-electron chi connectivity index (χ3n) is 3.68. The first kappa shape index (κ1) is 16.9. The fraction of sp³-hybridized carbons (Fsp3) is 0.316. The lowest BCUT2D eigenvalue weighted by Crippen LogP contribution is -2.12. The molecule has 2 aromatic rings. The van der Waals surface area contributed by atoms with Gasteiger partial charge in [0.15, 0.2) is 0 Å². The van der Waals surface area contributed by atoms with E-state index in [2.05, 4.69) is 32.9 Å². The van der Waals surface area contributed by atoms with Crippen LogP contribution in [0.1, 0.15) is 42.3 Å². The zero-order chi connectivity index (χ0) is 17.0. The second-order valence-electron chi connectivity index (χ2n) is 6.45. The molecule has 0 fully saturated rings. The monoisotopic (exact) mass is 313 g/mol. The first-order valence-electron chi connectivity index (χ1n) is 7.51. The molecule has 4 heteroatoms. The van der Waals surface area contributed by atoms with Crippen LogP contribution in [0.5, 0.6) is 11.5 Å². The fourth-order valence-corrected chi connectivity index (χ4v) is 2.26. The van der Waals surface area contributed by atoms with Crippen molar-refractivity contribution in [1.29, 1.82) is 0 Å². The molecule has 4 nitrogen and oxygen atoms in total. The summed E-state index contributed by atoms with van der Waals surface area (Å²) in [6, 6.07) is 13.1. The largest absolute Gasteiger partial charge is 0.496 e. The molecule has 0 unspecified atom stereocenters. The Morgan fingerprint density at radius 2 is 1.74 bits per heavy atom. The summed E-state index contributed by atoms with van der Waals surface area (Å²) >= 11 is 0. The summed E-state index contributed by atoms with van der Waals surface area (Å²) < 4.78 is 11.1. The highest BCUT2D eigenvalue weighted by molar-refractivity contribution is 5.93. The number of primary amides is 1. The molecule has 0 heterocycles. The molecule has 0 saturated carbocycles. The molecule has 2 N–H and O–H groups in total. The van der Waals surface area contributed by atoms with Gasteiger partial charge in [-0.15, -0.1) is 0 Å². The lowest BCUT2D eigenvalue weighted by atomic mass is 9.87. The number of nitrogens with two attached hydrogens (primary N) is 1. The predicted molar refractivity (Wildman–Crippen MR) is 91.0 cm³/mol. The standard InChI is InChI=1S/C19H23NO3/c1-19(2,3)15-6-8-16(9-7-15)23-12-14-11-13(18(20)21)5-10-17(14)22-4/h5-11H,12H2,1-4H3,(H2,20,21). The minimum absolute atomic E-state index is 0.109. The number of hydrogen-bond donors (Lipinski definition) is 1. The lowest BCUT2D eigenvalue weighted by molar-refractivity contribution is 0.1000. The van der Waals surface area contributed by atoms with Crippen molar-refractivity contribution in [1.82, 2.24) is 0 Å². The maximum atomic E-state index is 11.3. The SMILES string of the molecule is COc1ccc(C(N)=O)cc1COc1ccc(C(C)(C)C)cc1. The molecule has 0 atom stereocenters. The van der Waals surface area contributed by atoms with Gasteiger partial charge in [0, 0.05) is 11.1 Å². The summed E-state index contributed by atoms with van der Waals surface area (Å²) in [7, 11) is 1.58. The summed E-state index contributed by atoms with van der Waals surface area (Å²) in [5, 5.41) is 0. The number of rotatable bonds is 5. The van der Waals surface area contributed by atoms with Gasteiger partial charge in [0.25, 0.3) is 0 Å². The minimum atomic E-state index is -0.469. The maximum absolute atomic E-state index is 11.3. The zero-order valence-electron chi connectivity index (χ0n) is 14.1. The number of carbonyl (C=O) groups excluding carboxylic acids is 1. The Bertz CT molecular complexity index is 685. The van der Waals surface area contributed by atoms with Crippen molar-refractivity contribution in [2.24, 2.45) is 5.73 Å². The number of amides is 1. The Kier molecular flexibility index (Phi) is 4.94. The van der Waals surface area contributed by atoms with Crippen LogP contribution in [0.3, 0.4) is 0 Å². The highest BCUT2D eigenvalue weighted by Gasteiger charge is 2.13. The van der Waals surface area contributed by atoms with Crippen molar-refractivity contribution >= 4 is 5.91 Å². The van der Waals surface area contributed by atoms with Crippen molar-refractivity contribution in [2.75, 3.05) is 7.11 Å². The van der Waals surface area contributed by atoms with Crippen LogP contribution in [0, 0.1) is 0 Å². The summed E-state index contributed by atoms with van der Waals surface area (Å²) in [4.78, 5) is 11.3. The van der Waals surface area contributed by atoms with Gasteiger partial charge in [0.05, 0.1) is 7.11 Å². The molecule has 0 aromatic heterocycles. The summed E-state index contributed by atoms with van der Waals surface area (Å²) in [5.41, 5.74) is 7.89. The third kappa shape index (κ3) is 4.25. The molecule has 0 spiro atoms. The first-order chi connectivity index (χ1) is 10.8. The Morgan fingerprint density at radius 3 is 2.26 bits per heavy atom. The minimum Gasteiger partial charge on any atom is -0.496 e. The van der Waals surface area contributed by atoms with E-state index in [-0.39, 0.29) is 5.41 Å². The average Bonchev–Trinajstić information content (AvgIpc) is 2.52. The molecule has 0 aliphatic carbocycles. The number of carbonyl (C=O) groups is 1. The van der Waals surface area contributed by atoms with Crippen LogP contribution in [0.25, 0.3) is 0 Å². The van der Waals surface area contributed by atoms with Gasteiger partial charge in [-0.3, -0.25) is 4.79 Å². The predicted octanol–water partition coefficient (Wildman–Crippen LogP) is 3.67. The number of hydrogen-bond acceptors (Lipinski definition) is 3. The molecule has 0 saturated heterocycles.